The van der Waals surface area contributed by atoms with E-state index in [-0.39, 0.29) is 5.69 Å². The number of ether oxygens (including phenoxy) is 1. The van der Waals surface area contributed by atoms with E-state index in [1.807, 2.05) is 42.5 Å². The summed E-state index contributed by atoms with van der Waals surface area (Å²) in [6, 6.07) is 13.5. The molecule has 0 aliphatic carbocycles. The molecule has 1 aromatic carbocycles. The van der Waals surface area contributed by atoms with Gasteiger partial charge in [0, 0.05) is 22.2 Å². The standard InChI is InChI=1S/C16H10N4OS/c17-9-12-10-20-16(11-19-12)21-13-1-3-14(4-2-13)22-15-5-7-18-8-6-15/h1-8,10-11H. The molecule has 0 fully saturated rings. The van der Waals surface area contributed by atoms with Gasteiger partial charge in [-0.15, -0.1) is 0 Å². The van der Waals surface area contributed by atoms with Crippen LogP contribution in [0.4, 0.5) is 0 Å². The minimum atomic E-state index is 0.261. The molecule has 0 spiro atoms. The predicted octanol–water partition coefficient (Wildman–Crippen LogP) is 3.69. The molecule has 22 heavy (non-hydrogen) atoms. The SMILES string of the molecule is N#Cc1cnc(Oc2ccc(Sc3ccncc3)cc2)cn1. The third-order valence-electron chi connectivity index (χ3n) is 2.67. The molecule has 0 amide bonds. The van der Waals surface area contributed by atoms with Crippen molar-refractivity contribution in [3.05, 3.63) is 66.9 Å². The molecular weight excluding hydrogens is 296 g/mol. The number of pyridine rings is 1. The first kappa shape index (κ1) is 14.0. The molecule has 0 saturated carbocycles. The van der Waals surface area contributed by atoms with E-state index in [0.717, 1.165) is 9.79 Å². The highest BCUT2D eigenvalue weighted by Crippen LogP contribution is 2.29. The van der Waals surface area contributed by atoms with Gasteiger partial charge in [0.1, 0.15) is 11.8 Å². The average molecular weight is 306 g/mol. The van der Waals surface area contributed by atoms with Gasteiger partial charge in [-0.2, -0.15) is 5.26 Å². The van der Waals surface area contributed by atoms with Crippen LogP contribution in [0.1, 0.15) is 5.69 Å². The van der Waals surface area contributed by atoms with Crippen molar-refractivity contribution in [2.45, 2.75) is 9.79 Å². The molecule has 0 radical (unpaired) electrons. The highest BCUT2D eigenvalue weighted by molar-refractivity contribution is 7.99. The summed E-state index contributed by atoms with van der Waals surface area (Å²) < 4.78 is 5.58. The third-order valence-corrected chi connectivity index (χ3v) is 3.69. The Labute approximate surface area is 131 Å². The quantitative estimate of drug-likeness (QED) is 0.732. The van der Waals surface area contributed by atoms with Gasteiger partial charge >= 0.3 is 0 Å². The first-order chi connectivity index (χ1) is 10.8. The van der Waals surface area contributed by atoms with Crippen molar-refractivity contribution in [3.8, 4) is 17.7 Å². The summed E-state index contributed by atoms with van der Waals surface area (Å²) in [6.07, 6.45) is 6.34. The van der Waals surface area contributed by atoms with Crippen LogP contribution < -0.4 is 4.74 Å². The molecule has 0 unspecified atom stereocenters. The van der Waals surface area contributed by atoms with Crippen LogP contribution in [0.5, 0.6) is 11.6 Å². The molecule has 0 saturated heterocycles. The fourth-order valence-electron chi connectivity index (χ4n) is 1.67. The predicted molar refractivity (Wildman–Crippen MR) is 81.6 cm³/mol. The minimum Gasteiger partial charge on any atom is -0.438 e. The van der Waals surface area contributed by atoms with Crippen molar-refractivity contribution < 1.29 is 4.74 Å². The second-order valence-electron chi connectivity index (χ2n) is 4.21. The van der Waals surface area contributed by atoms with Crippen LogP contribution in [0.3, 0.4) is 0 Å². The number of nitrogens with zero attached hydrogens (tertiary/aromatic N) is 4. The smallest absolute Gasteiger partial charge is 0.237 e. The lowest BCUT2D eigenvalue weighted by atomic mass is 10.3. The molecule has 2 aromatic heterocycles. The van der Waals surface area contributed by atoms with E-state index in [9.17, 15) is 0 Å². The van der Waals surface area contributed by atoms with Gasteiger partial charge in [0.2, 0.25) is 5.88 Å². The number of hydrogen-bond acceptors (Lipinski definition) is 6. The molecule has 6 heteroatoms. The maximum atomic E-state index is 8.67. The maximum absolute atomic E-state index is 8.67. The van der Waals surface area contributed by atoms with Crippen LogP contribution >= 0.6 is 11.8 Å². The zero-order valence-corrected chi connectivity index (χ0v) is 12.2. The zero-order chi connectivity index (χ0) is 15.2. The van der Waals surface area contributed by atoms with Gasteiger partial charge in [0.05, 0.1) is 12.4 Å². The molecule has 0 aliphatic rings. The lowest BCUT2D eigenvalue weighted by Crippen LogP contribution is -1.90. The lowest BCUT2D eigenvalue weighted by Gasteiger charge is -2.05. The van der Waals surface area contributed by atoms with Crippen LogP contribution in [0.2, 0.25) is 0 Å². The number of nitriles is 1. The van der Waals surface area contributed by atoms with Gasteiger partial charge in [-0.25, -0.2) is 9.97 Å². The largest absolute Gasteiger partial charge is 0.438 e. The fourth-order valence-corrected chi connectivity index (χ4v) is 2.47. The molecule has 0 bridgehead atoms. The summed E-state index contributed by atoms with van der Waals surface area (Å²) in [5, 5.41) is 8.67. The molecular formula is C16H10N4OS. The van der Waals surface area contributed by atoms with E-state index in [2.05, 4.69) is 15.0 Å². The zero-order valence-electron chi connectivity index (χ0n) is 11.4. The Morgan fingerprint density at radius 1 is 0.909 bits per heavy atom. The number of benzene rings is 1. The molecule has 106 valence electrons. The number of aromatic nitrogens is 3. The van der Waals surface area contributed by atoms with E-state index in [0.29, 0.717) is 11.6 Å². The topological polar surface area (TPSA) is 71.7 Å². The van der Waals surface area contributed by atoms with Crippen molar-refractivity contribution in [1.82, 2.24) is 15.0 Å². The van der Waals surface area contributed by atoms with Crippen molar-refractivity contribution in [2.75, 3.05) is 0 Å². The lowest BCUT2D eigenvalue weighted by molar-refractivity contribution is 0.459. The van der Waals surface area contributed by atoms with Crippen LogP contribution in [0, 0.1) is 11.3 Å². The van der Waals surface area contributed by atoms with Crippen molar-refractivity contribution in [1.29, 1.82) is 5.26 Å². The fraction of sp³-hybridized carbons (Fsp3) is 0. The summed E-state index contributed by atoms with van der Waals surface area (Å²) >= 11 is 1.65. The van der Waals surface area contributed by atoms with E-state index >= 15 is 0 Å². The normalized spacial score (nSPS) is 9.95. The Kier molecular flexibility index (Phi) is 4.27. The average Bonchev–Trinajstić information content (AvgIpc) is 2.58. The van der Waals surface area contributed by atoms with E-state index in [1.54, 1.807) is 24.2 Å². The monoisotopic (exact) mass is 306 g/mol. The maximum Gasteiger partial charge on any atom is 0.237 e. The van der Waals surface area contributed by atoms with Crippen LogP contribution in [-0.2, 0) is 0 Å². The number of rotatable bonds is 4. The molecule has 3 rings (SSSR count). The minimum absolute atomic E-state index is 0.261. The van der Waals surface area contributed by atoms with Crippen LogP contribution in [0.25, 0.3) is 0 Å². The Morgan fingerprint density at radius 2 is 1.64 bits per heavy atom. The molecule has 0 N–H and O–H groups in total. The summed E-state index contributed by atoms with van der Waals surface area (Å²) in [4.78, 5) is 14.1. The number of hydrogen-bond donors (Lipinski definition) is 0. The van der Waals surface area contributed by atoms with Gasteiger partial charge in [0.15, 0.2) is 5.69 Å². The van der Waals surface area contributed by atoms with Crippen molar-refractivity contribution in [3.63, 3.8) is 0 Å². The second-order valence-corrected chi connectivity index (χ2v) is 5.36. The highest BCUT2D eigenvalue weighted by atomic mass is 32.2. The van der Waals surface area contributed by atoms with E-state index < -0.39 is 0 Å². The Morgan fingerprint density at radius 3 is 2.27 bits per heavy atom. The van der Waals surface area contributed by atoms with Gasteiger partial charge in [-0.3, -0.25) is 4.98 Å². The molecule has 3 aromatic rings. The second kappa shape index (κ2) is 6.70. The summed E-state index contributed by atoms with van der Waals surface area (Å²) in [6.45, 7) is 0. The Hall–Kier alpha value is -2.91. The van der Waals surface area contributed by atoms with Gasteiger partial charge < -0.3 is 4.74 Å². The summed E-state index contributed by atoms with van der Waals surface area (Å²) in [5.74, 6) is 1.02. The van der Waals surface area contributed by atoms with Crippen LogP contribution in [-0.4, -0.2) is 15.0 Å². The molecule has 0 atom stereocenters. The van der Waals surface area contributed by atoms with E-state index in [1.165, 1.54) is 12.4 Å². The Balaban J connectivity index is 1.67. The summed E-state index contributed by atoms with van der Waals surface area (Å²) in [7, 11) is 0. The van der Waals surface area contributed by atoms with Crippen molar-refractivity contribution in [2.24, 2.45) is 0 Å². The molecule has 2 heterocycles. The van der Waals surface area contributed by atoms with E-state index in [4.69, 9.17) is 10.00 Å². The van der Waals surface area contributed by atoms with Gasteiger partial charge in [0.25, 0.3) is 0 Å². The summed E-state index contributed by atoms with van der Waals surface area (Å²) in [5.41, 5.74) is 0.261. The van der Waals surface area contributed by atoms with Gasteiger partial charge in [-0.1, -0.05) is 11.8 Å². The molecule has 0 aliphatic heterocycles. The first-order valence-corrected chi connectivity index (χ1v) is 7.23. The Bertz CT molecular complexity index is 783. The van der Waals surface area contributed by atoms with Crippen LogP contribution in [0.15, 0.2) is 71.0 Å². The van der Waals surface area contributed by atoms with Gasteiger partial charge in [-0.05, 0) is 36.4 Å². The first-order valence-electron chi connectivity index (χ1n) is 6.41. The third kappa shape index (κ3) is 3.59. The molecule has 5 nitrogen and oxygen atoms in total. The highest BCUT2D eigenvalue weighted by Gasteiger charge is 2.02. The van der Waals surface area contributed by atoms with Crippen molar-refractivity contribution >= 4 is 11.8 Å².